The SMILES string of the molecule is COC1CCN(C(=O)c2cccnc2Br)C1. The molecule has 1 saturated heterocycles. The van der Waals surface area contributed by atoms with E-state index in [0.29, 0.717) is 16.7 Å². The van der Waals surface area contributed by atoms with Crippen LogP contribution in [0.5, 0.6) is 0 Å². The van der Waals surface area contributed by atoms with Crippen LogP contribution in [0.1, 0.15) is 16.8 Å². The topological polar surface area (TPSA) is 42.4 Å². The van der Waals surface area contributed by atoms with Gasteiger partial charge in [-0.3, -0.25) is 4.79 Å². The Morgan fingerprint density at radius 3 is 3.12 bits per heavy atom. The van der Waals surface area contributed by atoms with Crippen LogP contribution in [0.15, 0.2) is 22.9 Å². The van der Waals surface area contributed by atoms with Gasteiger partial charge in [-0.25, -0.2) is 4.98 Å². The number of rotatable bonds is 2. The Bertz CT molecular complexity index is 397. The maximum absolute atomic E-state index is 12.1. The van der Waals surface area contributed by atoms with E-state index in [9.17, 15) is 4.79 Å². The van der Waals surface area contributed by atoms with Crippen molar-refractivity contribution in [2.45, 2.75) is 12.5 Å². The molecule has 1 aliphatic heterocycles. The van der Waals surface area contributed by atoms with Gasteiger partial charge in [0.05, 0.1) is 11.7 Å². The van der Waals surface area contributed by atoms with Crippen LogP contribution in [0.4, 0.5) is 0 Å². The summed E-state index contributed by atoms with van der Waals surface area (Å²) in [5, 5.41) is 0. The Morgan fingerprint density at radius 2 is 2.50 bits per heavy atom. The van der Waals surface area contributed by atoms with Crippen molar-refractivity contribution >= 4 is 21.8 Å². The van der Waals surface area contributed by atoms with Crippen molar-refractivity contribution in [3.05, 3.63) is 28.5 Å². The molecule has 0 N–H and O–H groups in total. The normalized spacial score (nSPS) is 20.1. The number of aromatic nitrogens is 1. The zero-order valence-corrected chi connectivity index (χ0v) is 10.6. The van der Waals surface area contributed by atoms with Crippen molar-refractivity contribution in [3.8, 4) is 0 Å². The molecule has 16 heavy (non-hydrogen) atoms. The number of methoxy groups -OCH3 is 1. The van der Waals surface area contributed by atoms with Gasteiger partial charge in [0.25, 0.3) is 5.91 Å². The summed E-state index contributed by atoms with van der Waals surface area (Å²) in [5.41, 5.74) is 0.610. The highest BCUT2D eigenvalue weighted by Gasteiger charge is 2.27. The number of nitrogens with zero attached hydrogens (tertiary/aromatic N) is 2. The molecule has 0 aliphatic carbocycles. The van der Waals surface area contributed by atoms with E-state index in [-0.39, 0.29) is 12.0 Å². The first-order chi connectivity index (χ1) is 7.72. The number of halogens is 1. The Labute approximate surface area is 103 Å². The molecule has 0 aromatic carbocycles. The van der Waals surface area contributed by atoms with Gasteiger partial charge in [0, 0.05) is 26.4 Å². The van der Waals surface area contributed by atoms with Crippen LogP contribution in [0.2, 0.25) is 0 Å². The second-order valence-corrected chi connectivity index (χ2v) is 4.49. The van der Waals surface area contributed by atoms with Gasteiger partial charge < -0.3 is 9.64 Å². The van der Waals surface area contributed by atoms with Gasteiger partial charge >= 0.3 is 0 Å². The van der Waals surface area contributed by atoms with E-state index in [1.54, 1.807) is 30.3 Å². The molecule has 1 aromatic rings. The molecule has 0 bridgehead atoms. The van der Waals surface area contributed by atoms with Crippen LogP contribution in [0.25, 0.3) is 0 Å². The molecule has 1 aliphatic rings. The van der Waals surface area contributed by atoms with Crippen molar-refractivity contribution in [1.29, 1.82) is 0 Å². The van der Waals surface area contributed by atoms with Crippen LogP contribution in [-0.4, -0.2) is 42.1 Å². The Kier molecular flexibility index (Phi) is 3.56. The number of carbonyl (C=O) groups is 1. The molecule has 0 radical (unpaired) electrons. The molecule has 1 atom stereocenters. The highest BCUT2D eigenvalue weighted by Crippen LogP contribution is 2.19. The van der Waals surface area contributed by atoms with Gasteiger partial charge in [-0.15, -0.1) is 0 Å². The predicted octanol–water partition coefficient (Wildman–Crippen LogP) is 1.70. The average Bonchev–Trinajstić information content (AvgIpc) is 2.77. The van der Waals surface area contributed by atoms with E-state index >= 15 is 0 Å². The fourth-order valence-corrected chi connectivity index (χ4v) is 2.24. The molecule has 1 unspecified atom stereocenters. The third-order valence-electron chi connectivity index (χ3n) is 2.76. The van der Waals surface area contributed by atoms with E-state index in [1.807, 2.05) is 0 Å². The van der Waals surface area contributed by atoms with E-state index in [2.05, 4.69) is 20.9 Å². The number of pyridine rings is 1. The highest BCUT2D eigenvalue weighted by atomic mass is 79.9. The van der Waals surface area contributed by atoms with Crippen LogP contribution < -0.4 is 0 Å². The lowest BCUT2D eigenvalue weighted by molar-refractivity contribution is 0.0723. The van der Waals surface area contributed by atoms with Gasteiger partial charge in [-0.1, -0.05) is 0 Å². The van der Waals surface area contributed by atoms with Crippen molar-refractivity contribution < 1.29 is 9.53 Å². The van der Waals surface area contributed by atoms with Crippen LogP contribution in [0, 0.1) is 0 Å². The minimum absolute atomic E-state index is 0.0134. The molecule has 86 valence electrons. The van der Waals surface area contributed by atoms with Crippen LogP contribution in [-0.2, 0) is 4.74 Å². The summed E-state index contributed by atoms with van der Waals surface area (Å²) >= 11 is 3.29. The Hall–Kier alpha value is -0.940. The largest absolute Gasteiger partial charge is 0.380 e. The predicted molar refractivity (Wildman–Crippen MR) is 63.3 cm³/mol. The monoisotopic (exact) mass is 284 g/mol. The molecule has 2 rings (SSSR count). The lowest BCUT2D eigenvalue weighted by Crippen LogP contribution is -2.30. The standard InChI is InChI=1S/C11H13BrN2O2/c1-16-8-4-6-14(7-8)11(15)9-3-2-5-13-10(9)12/h2-3,5,8H,4,6-7H2,1H3. The Morgan fingerprint density at radius 1 is 1.69 bits per heavy atom. The molecular formula is C11H13BrN2O2. The molecule has 0 spiro atoms. The van der Waals surface area contributed by atoms with E-state index < -0.39 is 0 Å². The molecule has 2 heterocycles. The highest BCUT2D eigenvalue weighted by molar-refractivity contribution is 9.10. The van der Waals surface area contributed by atoms with Crippen LogP contribution >= 0.6 is 15.9 Å². The maximum Gasteiger partial charge on any atom is 0.256 e. The third-order valence-corrected chi connectivity index (χ3v) is 3.39. The number of likely N-dealkylation sites (tertiary alicyclic amines) is 1. The summed E-state index contributed by atoms with van der Waals surface area (Å²) in [4.78, 5) is 18.0. The first kappa shape index (κ1) is 11.5. The summed E-state index contributed by atoms with van der Waals surface area (Å²) in [6.45, 7) is 1.41. The first-order valence-electron chi connectivity index (χ1n) is 5.15. The molecule has 1 aromatic heterocycles. The number of hydrogen-bond donors (Lipinski definition) is 0. The molecule has 1 fully saturated rings. The minimum atomic E-state index is 0.0134. The molecule has 0 saturated carbocycles. The van der Waals surface area contributed by atoms with E-state index in [1.165, 1.54) is 0 Å². The minimum Gasteiger partial charge on any atom is -0.380 e. The van der Waals surface area contributed by atoms with Gasteiger partial charge in [0.2, 0.25) is 0 Å². The number of ether oxygens (including phenoxy) is 1. The van der Waals surface area contributed by atoms with Gasteiger partial charge in [-0.2, -0.15) is 0 Å². The van der Waals surface area contributed by atoms with Crippen molar-refractivity contribution in [2.24, 2.45) is 0 Å². The van der Waals surface area contributed by atoms with Crippen molar-refractivity contribution in [2.75, 3.05) is 20.2 Å². The summed E-state index contributed by atoms with van der Waals surface area (Å²) in [6, 6.07) is 3.54. The smallest absolute Gasteiger partial charge is 0.256 e. The molecule has 4 nitrogen and oxygen atoms in total. The van der Waals surface area contributed by atoms with Crippen molar-refractivity contribution in [1.82, 2.24) is 9.88 Å². The second-order valence-electron chi connectivity index (χ2n) is 3.74. The molecule has 5 heteroatoms. The fourth-order valence-electron chi connectivity index (χ4n) is 1.82. The quantitative estimate of drug-likeness (QED) is 0.777. The summed E-state index contributed by atoms with van der Waals surface area (Å²) in [7, 11) is 1.68. The van der Waals surface area contributed by atoms with Gasteiger partial charge in [-0.05, 0) is 34.5 Å². The average molecular weight is 285 g/mol. The lowest BCUT2D eigenvalue weighted by Gasteiger charge is -2.16. The molecular weight excluding hydrogens is 272 g/mol. The molecule has 1 amide bonds. The first-order valence-corrected chi connectivity index (χ1v) is 5.94. The van der Waals surface area contributed by atoms with Gasteiger partial charge in [0.1, 0.15) is 4.60 Å². The fraction of sp³-hybridized carbons (Fsp3) is 0.455. The second kappa shape index (κ2) is 4.93. The number of carbonyl (C=O) groups excluding carboxylic acids is 1. The summed E-state index contributed by atoms with van der Waals surface area (Å²) in [6.07, 6.45) is 2.72. The number of amides is 1. The zero-order chi connectivity index (χ0) is 11.5. The summed E-state index contributed by atoms with van der Waals surface area (Å²) < 4.78 is 5.83. The van der Waals surface area contributed by atoms with Gasteiger partial charge in [0.15, 0.2) is 0 Å². The Balaban J connectivity index is 2.12. The van der Waals surface area contributed by atoms with E-state index in [4.69, 9.17) is 4.74 Å². The summed E-state index contributed by atoms with van der Waals surface area (Å²) in [5.74, 6) is 0.0134. The maximum atomic E-state index is 12.1. The van der Waals surface area contributed by atoms with Crippen molar-refractivity contribution in [3.63, 3.8) is 0 Å². The van der Waals surface area contributed by atoms with E-state index in [0.717, 1.165) is 13.0 Å². The third kappa shape index (κ3) is 2.25. The van der Waals surface area contributed by atoms with Crippen LogP contribution in [0.3, 0.4) is 0 Å². The number of hydrogen-bond acceptors (Lipinski definition) is 3. The zero-order valence-electron chi connectivity index (χ0n) is 9.02. The lowest BCUT2D eigenvalue weighted by atomic mass is 10.2.